The molecule has 1 aromatic heterocycles. The van der Waals surface area contributed by atoms with E-state index in [-0.39, 0.29) is 17.7 Å². The Kier molecular flexibility index (Phi) is 5.84. The Balaban J connectivity index is 1.41. The summed E-state index contributed by atoms with van der Waals surface area (Å²) in [5, 5.41) is 8.25. The molecule has 4 rings (SSSR count). The zero-order valence-electron chi connectivity index (χ0n) is 17.5. The molecule has 30 heavy (non-hydrogen) atoms. The van der Waals surface area contributed by atoms with Crippen molar-refractivity contribution in [2.45, 2.75) is 32.1 Å². The zero-order chi connectivity index (χ0) is 21.0. The van der Waals surface area contributed by atoms with Crippen molar-refractivity contribution in [2.75, 3.05) is 19.7 Å². The van der Waals surface area contributed by atoms with Crippen LogP contribution in [-0.2, 0) is 5.41 Å². The number of likely N-dealkylation sites (tertiary alicyclic amines) is 1. The molecule has 3 aromatic rings. The molecule has 1 amide bonds. The smallest absolute Gasteiger partial charge is 0.311 e. The Morgan fingerprint density at radius 2 is 1.80 bits per heavy atom. The fourth-order valence-electron chi connectivity index (χ4n) is 3.79. The van der Waals surface area contributed by atoms with Crippen LogP contribution in [-0.4, -0.2) is 40.7 Å². The van der Waals surface area contributed by atoms with E-state index < -0.39 is 5.41 Å². The predicted molar refractivity (Wildman–Crippen MR) is 113 cm³/mol. The average Bonchev–Trinajstić information content (AvgIpc) is 3.30. The zero-order valence-corrected chi connectivity index (χ0v) is 17.5. The summed E-state index contributed by atoms with van der Waals surface area (Å²) in [5.41, 5.74) is 0.588. The summed E-state index contributed by atoms with van der Waals surface area (Å²) in [7, 11) is 0. The number of nitrogens with zero attached hydrogens (tertiary/aromatic N) is 3. The summed E-state index contributed by atoms with van der Waals surface area (Å²) >= 11 is 0. The SMILES string of the molecule is CC(C)(c1ccccc1)c1nnc(C(=O)N2CCCC(COc3ccccc3)C2)o1. The van der Waals surface area contributed by atoms with Crippen LogP contribution in [0.4, 0.5) is 0 Å². The molecule has 0 spiro atoms. The molecule has 6 nitrogen and oxygen atoms in total. The molecular formula is C24H27N3O3. The van der Waals surface area contributed by atoms with Crippen LogP contribution in [0.5, 0.6) is 5.75 Å². The number of hydrogen-bond donors (Lipinski definition) is 0. The van der Waals surface area contributed by atoms with Gasteiger partial charge in [0.1, 0.15) is 5.75 Å². The minimum atomic E-state index is -0.471. The van der Waals surface area contributed by atoms with E-state index in [1.54, 1.807) is 4.90 Å². The van der Waals surface area contributed by atoms with Crippen LogP contribution in [0.2, 0.25) is 0 Å². The van der Waals surface area contributed by atoms with E-state index in [0.717, 1.165) is 24.2 Å². The van der Waals surface area contributed by atoms with Gasteiger partial charge in [-0.2, -0.15) is 0 Å². The van der Waals surface area contributed by atoms with Crippen LogP contribution in [0, 0.1) is 5.92 Å². The number of carbonyl (C=O) groups excluding carboxylic acids is 1. The molecule has 0 bridgehead atoms. The van der Waals surface area contributed by atoms with Gasteiger partial charge in [0, 0.05) is 19.0 Å². The predicted octanol–water partition coefficient (Wildman–Crippen LogP) is 4.33. The lowest BCUT2D eigenvalue weighted by Gasteiger charge is -2.31. The van der Waals surface area contributed by atoms with Crippen LogP contribution < -0.4 is 4.74 Å². The van der Waals surface area contributed by atoms with Crippen molar-refractivity contribution >= 4 is 5.91 Å². The minimum absolute atomic E-state index is 0.0543. The van der Waals surface area contributed by atoms with Crippen molar-refractivity contribution in [3.63, 3.8) is 0 Å². The summed E-state index contributed by atoms with van der Waals surface area (Å²) in [6.45, 7) is 5.94. The van der Waals surface area contributed by atoms with Crippen molar-refractivity contribution in [3.05, 3.63) is 78.0 Å². The summed E-state index contributed by atoms with van der Waals surface area (Å²) in [6, 6.07) is 19.7. The number of aromatic nitrogens is 2. The van der Waals surface area contributed by atoms with Gasteiger partial charge in [-0.3, -0.25) is 4.79 Å². The highest BCUT2D eigenvalue weighted by Crippen LogP contribution is 2.30. The molecule has 1 unspecified atom stereocenters. The van der Waals surface area contributed by atoms with Crippen molar-refractivity contribution in [1.29, 1.82) is 0 Å². The molecule has 2 aromatic carbocycles. The third-order valence-corrected chi connectivity index (χ3v) is 5.67. The molecule has 0 radical (unpaired) electrons. The lowest BCUT2D eigenvalue weighted by Crippen LogP contribution is -2.41. The van der Waals surface area contributed by atoms with Crippen molar-refractivity contribution in [1.82, 2.24) is 15.1 Å². The second-order valence-corrected chi connectivity index (χ2v) is 8.29. The fourth-order valence-corrected chi connectivity index (χ4v) is 3.79. The number of ether oxygens (including phenoxy) is 1. The normalized spacial score (nSPS) is 17.0. The number of para-hydroxylation sites is 1. The molecule has 0 aliphatic carbocycles. The van der Waals surface area contributed by atoms with Gasteiger partial charge in [0.2, 0.25) is 5.89 Å². The number of benzene rings is 2. The van der Waals surface area contributed by atoms with Crippen LogP contribution in [0.3, 0.4) is 0 Å². The highest BCUT2D eigenvalue weighted by atomic mass is 16.5. The molecule has 1 fully saturated rings. The van der Waals surface area contributed by atoms with Gasteiger partial charge in [0.25, 0.3) is 0 Å². The Labute approximate surface area is 176 Å². The summed E-state index contributed by atoms with van der Waals surface area (Å²) < 4.78 is 11.7. The Morgan fingerprint density at radius 3 is 2.53 bits per heavy atom. The second kappa shape index (κ2) is 8.69. The number of hydrogen-bond acceptors (Lipinski definition) is 5. The van der Waals surface area contributed by atoms with E-state index in [1.165, 1.54) is 0 Å². The molecule has 2 heterocycles. The maximum atomic E-state index is 13.0. The highest BCUT2D eigenvalue weighted by molar-refractivity contribution is 5.89. The molecule has 6 heteroatoms. The van der Waals surface area contributed by atoms with Crippen LogP contribution in [0.1, 0.15) is 48.8 Å². The average molecular weight is 405 g/mol. The van der Waals surface area contributed by atoms with E-state index in [1.807, 2.05) is 74.5 Å². The standard InChI is InChI=1S/C24H27N3O3/c1-24(2,19-11-5-3-6-12-19)23-26-25-21(30-23)22(28)27-15-9-10-18(16-27)17-29-20-13-7-4-8-14-20/h3-8,11-14,18H,9-10,15-17H2,1-2H3. The first kappa shape index (κ1) is 20.1. The van der Waals surface area contributed by atoms with Crippen molar-refractivity contribution in [3.8, 4) is 5.75 Å². The fraction of sp³-hybridized carbons (Fsp3) is 0.375. The number of carbonyl (C=O) groups is 1. The van der Waals surface area contributed by atoms with E-state index in [4.69, 9.17) is 9.15 Å². The van der Waals surface area contributed by atoms with E-state index >= 15 is 0 Å². The third-order valence-electron chi connectivity index (χ3n) is 5.67. The quantitative estimate of drug-likeness (QED) is 0.611. The Bertz CT molecular complexity index is 970. The summed E-state index contributed by atoms with van der Waals surface area (Å²) in [6.07, 6.45) is 1.97. The Morgan fingerprint density at radius 1 is 1.10 bits per heavy atom. The molecule has 1 aliphatic rings. The summed E-state index contributed by atoms with van der Waals surface area (Å²) in [5.74, 6) is 1.43. The largest absolute Gasteiger partial charge is 0.493 e. The van der Waals surface area contributed by atoms with Gasteiger partial charge in [-0.05, 0) is 44.4 Å². The maximum absolute atomic E-state index is 13.0. The molecule has 1 atom stereocenters. The van der Waals surface area contributed by atoms with Gasteiger partial charge in [0.15, 0.2) is 0 Å². The highest BCUT2D eigenvalue weighted by Gasteiger charge is 2.33. The van der Waals surface area contributed by atoms with Crippen LogP contribution >= 0.6 is 0 Å². The third kappa shape index (κ3) is 4.37. The van der Waals surface area contributed by atoms with Crippen LogP contribution in [0.15, 0.2) is 65.1 Å². The molecule has 1 saturated heterocycles. The molecule has 1 aliphatic heterocycles. The van der Waals surface area contributed by atoms with E-state index in [0.29, 0.717) is 25.6 Å². The minimum Gasteiger partial charge on any atom is -0.493 e. The summed E-state index contributed by atoms with van der Waals surface area (Å²) in [4.78, 5) is 14.8. The number of amides is 1. The number of piperidine rings is 1. The van der Waals surface area contributed by atoms with Gasteiger partial charge < -0.3 is 14.1 Å². The lowest BCUT2D eigenvalue weighted by atomic mass is 9.85. The molecular weight excluding hydrogens is 378 g/mol. The molecule has 156 valence electrons. The van der Waals surface area contributed by atoms with Gasteiger partial charge in [-0.1, -0.05) is 48.5 Å². The molecule has 0 N–H and O–H groups in total. The van der Waals surface area contributed by atoms with Gasteiger partial charge in [0.05, 0.1) is 12.0 Å². The lowest BCUT2D eigenvalue weighted by molar-refractivity contribution is 0.0591. The second-order valence-electron chi connectivity index (χ2n) is 8.29. The first-order valence-electron chi connectivity index (χ1n) is 10.4. The van der Waals surface area contributed by atoms with Gasteiger partial charge in [-0.15, -0.1) is 10.2 Å². The Hall–Kier alpha value is -3.15. The van der Waals surface area contributed by atoms with Crippen molar-refractivity contribution in [2.24, 2.45) is 5.92 Å². The maximum Gasteiger partial charge on any atom is 0.311 e. The first-order valence-corrected chi connectivity index (χ1v) is 10.4. The molecule has 0 saturated carbocycles. The first-order chi connectivity index (χ1) is 14.5. The monoisotopic (exact) mass is 405 g/mol. The number of rotatable bonds is 6. The van der Waals surface area contributed by atoms with E-state index in [2.05, 4.69) is 10.2 Å². The van der Waals surface area contributed by atoms with Crippen molar-refractivity contribution < 1.29 is 13.9 Å². The topological polar surface area (TPSA) is 68.5 Å². The van der Waals surface area contributed by atoms with Gasteiger partial charge in [-0.25, -0.2) is 0 Å². The van der Waals surface area contributed by atoms with Gasteiger partial charge >= 0.3 is 11.8 Å². The van der Waals surface area contributed by atoms with E-state index in [9.17, 15) is 4.79 Å². The van der Waals surface area contributed by atoms with Crippen LogP contribution in [0.25, 0.3) is 0 Å².